The summed E-state index contributed by atoms with van der Waals surface area (Å²) in [5, 5.41) is 18.3. The molecule has 0 aliphatic heterocycles. The van der Waals surface area contributed by atoms with Gasteiger partial charge in [-0.3, -0.25) is 0 Å². The van der Waals surface area contributed by atoms with Crippen LogP contribution >= 0.6 is 0 Å². The molecule has 0 saturated heterocycles. The molecule has 0 amide bonds. The lowest BCUT2D eigenvalue weighted by molar-refractivity contribution is -0.0732. The van der Waals surface area contributed by atoms with E-state index in [1.54, 1.807) is 0 Å². The van der Waals surface area contributed by atoms with Crippen molar-refractivity contribution in [2.45, 2.75) is 6.54 Å². The molecule has 1 rings (SSSR count). The highest BCUT2D eigenvalue weighted by molar-refractivity contribution is 5.29. The monoisotopic (exact) mass is 189 g/mol. The summed E-state index contributed by atoms with van der Waals surface area (Å²) in [4.78, 5) is 0. The number of hydrogen-bond donors (Lipinski definition) is 2. The van der Waals surface area contributed by atoms with E-state index in [4.69, 9.17) is 10.3 Å². The van der Waals surface area contributed by atoms with Gasteiger partial charge in [-0.25, -0.2) is 8.78 Å². The first-order chi connectivity index (χ1) is 6.00. The molecule has 0 bridgehead atoms. The molecular weight excluding hydrogens is 180 g/mol. The molecular formula is C8H9F2NO2. The Morgan fingerprint density at radius 1 is 1.31 bits per heavy atom. The zero-order chi connectivity index (χ0) is 10.0. The van der Waals surface area contributed by atoms with Crippen LogP contribution in [0.3, 0.4) is 0 Å². The first kappa shape index (κ1) is 9.88. The Balaban J connectivity index is 2.99. The zero-order valence-corrected chi connectivity index (χ0v) is 6.96. The lowest BCUT2D eigenvalue weighted by atomic mass is 10.2. The molecule has 0 unspecified atom stereocenters. The SMILES string of the molecule is CN(O)Cc1cc(F)c(O)c(F)c1. The highest BCUT2D eigenvalue weighted by Gasteiger charge is 2.09. The molecule has 0 fully saturated rings. The molecule has 5 heteroatoms. The molecule has 0 aliphatic carbocycles. The van der Waals surface area contributed by atoms with E-state index in [-0.39, 0.29) is 12.1 Å². The third kappa shape index (κ3) is 2.37. The number of aromatic hydroxyl groups is 1. The summed E-state index contributed by atoms with van der Waals surface area (Å²) in [5.74, 6) is -3.06. The van der Waals surface area contributed by atoms with Gasteiger partial charge in [-0.1, -0.05) is 0 Å². The fourth-order valence-electron chi connectivity index (χ4n) is 0.974. The van der Waals surface area contributed by atoms with E-state index in [1.165, 1.54) is 7.05 Å². The molecule has 0 radical (unpaired) electrons. The summed E-state index contributed by atoms with van der Waals surface area (Å²) >= 11 is 0. The quantitative estimate of drug-likeness (QED) is 0.693. The minimum absolute atomic E-state index is 0.00583. The van der Waals surface area contributed by atoms with Crippen molar-refractivity contribution in [2.24, 2.45) is 0 Å². The van der Waals surface area contributed by atoms with Gasteiger partial charge in [0, 0.05) is 13.6 Å². The summed E-state index contributed by atoms with van der Waals surface area (Å²) in [5.41, 5.74) is 0.248. The van der Waals surface area contributed by atoms with Crippen LogP contribution in [0.1, 0.15) is 5.56 Å². The minimum atomic E-state index is -1.03. The van der Waals surface area contributed by atoms with Crippen LogP contribution in [-0.2, 0) is 6.54 Å². The van der Waals surface area contributed by atoms with E-state index in [0.29, 0.717) is 0 Å². The standard InChI is InChI=1S/C8H9F2NO2/c1-11(13)4-5-2-6(9)8(12)7(10)3-5/h2-3,12-13H,4H2,1H3. The van der Waals surface area contributed by atoms with Crippen molar-refractivity contribution in [1.82, 2.24) is 5.06 Å². The molecule has 0 atom stereocenters. The van der Waals surface area contributed by atoms with Crippen LogP contribution in [0, 0.1) is 11.6 Å². The molecule has 0 heterocycles. The maximum atomic E-state index is 12.7. The summed E-state index contributed by atoms with van der Waals surface area (Å²) in [6.07, 6.45) is 0. The molecule has 0 aromatic heterocycles. The van der Waals surface area contributed by atoms with Gasteiger partial charge in [0.25, 0.3) is 0 Å². The molecule has 13 heavy (non-hydrogen) atoms. The Labute approximate surface area is 73.8 Å². The second-order valence-corrected chi connectivity index (χ2v) is 2.72. The van der Waals surface area contributed by atoms with Crippen molar-refractivity contribution >= 4 is 0 Å². The van der Waals surface area contributed by atoms with E-state index in [1.807, 2.05) is 0 Å². The van der Waals surface area contributed by atoms with Crippen LogP contribution in [0.4, 0.5) is 8.78 Å². The number of phenols is 1. The second-order valence-electron chi connectivity index (χ2n) is 2.72. The number of rotatable bonds is 2. The van der Waals surface area contributed by atoms with Crippen LogP contribution in [-0.4, -0.2) is 22.4 Å². The molecule has 0 aliphatic rings. The van der Waals surface area contributed by atoms with Gasteiger partial charge in [0.2, 0.25) is 0 Å². The van der Waals surface area contributed by atoms with Gasteiger partial charge in [0.15, 0.2) is 17.4 Å². The molecule has 2 N–H and O–H groups in total. The number of benzene rings is 1. The van der Waals surface area contributed by atoms with E-state index in [2.05, 4.69) is 0 Å². The predicted molar refractivity (Wildman–Crippen MR) is 41.3 cm³/mol. The number of nitrogens with zero attached hydrogens (tertiary/aromatic N) is 1. The van der Waals surface area contributed by atoms with Crippen molar-refractivity contribution in [3.05, 3.63) is 29.3 Å². The first-order valence-corrected chi connectivity index (χ1v) is 3.57. The van der Waals surface area contributed by atoms with Crippen molar-refractivity contribution < 1.29 is 19.1 Å². The predicted octanol–water partition coefficient (Wildman–Crippen LogP) is 1.49. The molecule has 1 aromatic carbocycles. The van der Waals surface area contributed by atoms with Crippen LogP contribution in [0.25, 0.3) is 0 Å². The summed E-state index contributed by atoms with van der Waals surface area (Å²) in [6.45, 7) is -0.00583. The van der Waals surface area contributed by atoms with Crippen molar-refractivity contribution in [1.29, 1.82) is 0 Å². The maximum Gasteiger partial charge on any atom is 0.187 e. The van der Waals surface area contributed by atoms with Gasteiger partial charge in [-0.05, 0) is 17.7 Å². The topological polar surface area (TPSA) is 43.7 Å². The second kappa shape index (κ2) is 3.68. The van der Waals surface area contributed by atoms with Crippen molar-refractivity contribution in [3.8, 4) is 5.75 Å². The van der Waals surface area contributed by atoms with E-state index in [0.717, 1.165) is 17.2 Å². The van der Waals surface area contributed by atoms with Gasteiger partial charge < -0.3 is 10.3 Å². The lowest BCUT2D eigenvalue weighted by Crippen LogP contribution is -2.11. The Bertz CT molecular complexity index is 292. The highest BCUT2D eigenvalue weighted by Crippen LogP contribution is 2.21. The van der Waals surface area contributed by atoms with Gasteiger partial charge in [-0.15, -0.1) is 0 Å². The molecule has 3 nitrogen and oxygen atoms in total. The zero-order valence-electron chi connectivity index (χ0n) is 6.96. The average molecular weight is 189 g/mol. The van der Waals surface area contributed by atoms with E-state index < -0.39 is 17.4 Å². The van der Waals surface area contributed by atoms with Crippen molar-refractivity contribution in [2.75, 3.05) is 7.05 Å². The summed E-state index contributed by atoms with van der Waals surface area (Å²) < 4.78 is 25.4. The van der Waals surface area contributed by atoms with Crippen LogP contribution < -0.4 is 0 Å². The van der Waals surface area contributed by atoms with Crippen LogP contribution in [0.15, 0.2) is 12.1 Å². The Kier molecular flexibility index (Phi) is 2.79. The molecule has 1 aromatic rings. The lowest BCUT2D eigenvalue weighted by Gasteiger charge is -2.08. The number of hydroxylamine groups is 2. The van der Waals surface area contributed by atoms with E-state index >= 15 is 0 Å². The first-order valence-electron chi connectivity index (χ1n) is 3.57. The molecule has 0 saturated carbocycles. The van der Waals surface area contributed by atoms with Crippen molar-refractivity contribution in [3.63, 3.8) is 0 Å². The maximum absolute atomic E-state index is 12.7. The normalized spacial score (nSPS) is 10.8. The van der Waals surface area contributed by atoms with Gasteiger partial charge in [0.1, 0.15) is 0 Å². The largest absolute Gasteiger partial charge is 0.503 e. The average Bonchev–Trinajstić information content (AvgIpc) is 1.98. The van der Waals surface area contributed by atoms with E-state index in [9.17, 15) is 8.78 Å². The summed E-state index contributed by atoms with van der Waals surface area (Å²) in [6, 6.07) is 1.93. The third-order valence-corrected chi connectivity index (χ3v) is 1.49. The number of halogens is 2. The fraction of sp³-hybridized carbons (Fsp3) is 0.250. The smallest absolute Gasteiger partial charge is 0.187 e. The third-order valence-electron chi connectivity index (χ3n) is 1.49. The van der Waals surface area contributed by atoms with Crippen LogP contribution in [0.2, 0.25) is 0 Å². The van der Waals surface area contributed by atoms with Gasteiger partial charge >= 0.3 is 0 Å². The fourth-order valence-corrected chi connectivity index (χ4v) is 0.974. The Hall–Kier alpha value is -1.20. The minimum Gasteiger partial charge on any atom is -0.503 e. The summed E-state index contributed by atoms with van der Waals surface area (Å²) in [7, 11) is 1.35. The van der Waals surface area contributed by atoms with Crippen LogP contribution in [0.5, 0.6) is 5.75 Å². The Morgan fingerprint density at radius 3 is 2.15 bits per heavy atom. The molecule has 0 spiro atoms. The highest BCUT2D eigenvalue weighted by atomic mass is 19.1. The number of phenolic OH excluding ortho intramolecular Hbond substituents is 1. The van der Waals surface area contributed by atoms with Gasteiger partial charge in [-0.2, -0.15) is 5.06 Å². The number of hydrogen-bond acceptors (Lipinski definition) is 3. The Morgan fingerprint density at radius 2 is 1.77 bits per heavy atom. The van der Waals surface area contributed by atoms with Gasteiger partial charge in [0.05, 0.1) is 0 Å². The molecule has 72 valence electrons.